The molecule has 0 saturated carbocycles. The molecule has 0 N–H and O–H groups in total. The second kappa shape index (κ2) is 4.01. The standard InChI is InChI=1S/C12H16S/c1-5-10-9-11(13-4)7-8-12(10,3)6-2/h5-10H,1-2H2,3-4H3. The first-order valence-electron chi connectivity index (χ1n) is 4.37. The Kier molecular flexibility index (Phi) is 3.21. The summed E-state index contributed by atoms with van der Waals surface area (Å²) in [6.45, 7) is 9.91. The maximum absolute atomic E-state index is 3.87. The SMILES string of the molecule is C=CC1C=C(SC)C=CC1(C)C=C. The van der Waals surface area contributed by atoms with Gasteiger partial charge in [-0.1, -0.05) is 37.3 Å². The van der Waals surface area contributed by atoms with Crippen molar-refractivity contribution in [2.75, 3.05) is 6.26 Å². The van der Waals surface area contributed by atoms with Crippen LogP contribution in [0.15, 0.2) is 48.4 Å². The average Bonchev–Trinajstić information content (AvgIpc) is 2.18. The fraction of sp³-hybridized carbons (Fsp3) is 0.333. The molecule has 2 unspecified atom stereocenters. The molecule has 1 aliphatic rings. The molecule has 0 heterocycles. The number of thioether (sulfide) groups is 1. The molecule has 0 nitrogen and oxygen atoms in total. The number of hydrogen-bond acceptors (Lipinski definition) is 1. The highest BCUT2D eigenvalue weighted by molar-refractivity contribution is 8.02. The Bertz CT molecular complexity index is 273. The van der Waals surface area contributed by atoms with Crippen molar-refractivity contribution in [2.24, 2.45) is 11.3 Å². The van der Waals surface area contributed by atoms with Gasteiger partial charge in [0.15, 0.2) is 0 Å². The normalized spacial score (nSPS) is 32.5. The van der Waals surface area contributed by atoms with Gasteiger partial charge in [-0.2, -0.15) is 0 Å². The van der Waals surface area contributed by atoms with Crippen molar-refractivity contribution < 1.29 is 0 Å². The van der Waals surface area contributed by atoms with E-state index in [1.54, 1.807) is 11.8 Å². The second-order valence-electron chi connectivity index (χ2n) is 3.44. The van der Waals surface area contributed by atoms with E-state index < -0.39 is 0 Å². The van der Waals surface area contributed by atoms with E-state index in [1.165, 1.54) is 4.91 Å². The van der Waals surface area contributed by atoms with Crippen molar-refractivity contribution in [1.82, 2.24) is 0 Å². The first kappa shape index (κ1) is 10.4. The molecule has 0 saturated heterocycles. The van der Waals surface area contributed by atoms with E-state index in [1.807, 2.05) is 12.2 Å². The molecule has 0 amide bonds. The summed E-state index contributed by atoms with van der Waals surface area (Å²) in [6.07, 6.45) is 12.7. The Balaban J connectivity index is 2.98. The highest BCUT2D eigenvalue weighted by Crippen LogP contribution is 2.38. The lowest BCUT2D eigenvalue weighted by Crippen LogP contribution is -2.21. The van der Waals surface area contributed by atoms with Crippen LogP contribution in [0.4, 0.5) is 0 Å². The van der Waals surface area contributed by atoms with Crippen LogP contribution in [-0.2, 0) is 0 Å². The summed E-state index contributed by atoms with van der Waals surface area (Å²) in [5.74, 6) is 0.373. The minimum Gasteiger partial charge on any atom is -0.130 e. The van der Waals surface area contributed by atoms with Crippen LogP contribution in [0.25, 0.3) is 0 Å². The average molecular weight is 192 g/mol. The Morgan fingerprint density at radius 2 is 2.23 bits per heavy atom. The van der Waals surface area contributed by atoms with Gasteiger partial charge in [-0.05, 0) is 6.26 Å². The molecule has 1 heteroatoms. The quantitative estimate of drug-likeness (QED) is 0.613. The van der Waals surface area contributed by atoms with Crippen molar-refractivity contribution in [1.29, 1.82) is 0 Å². The van der Waals surface area contributed by atoms with Gasteiger partial charge in [-0.15, -0.1) is 24.9 Å². The maximum Gasteiger partial charge on any atom is 0.0131 e. The monoisotopic (exact) mass is 192 g/mol. The minimum atomic E-state index is 0.0426. The topological polar surface area (TPSA) is 0 Å². The lowest BCUT2D eigenvalue weighted by atomic mass is 9.74. The molecular weight excluding hydrogens is 176 g/mol. The third-order valence-electron chi connectivity index (χ3n) is 2.60. The smallest absolute Gasteiger partial charge is 0.0131 e. The summed E-state index contributed by atoms with van der Waals surface area (Å²) in [5, 5.41) is 0. The van der Waals surface area contributed by atoms with Crippen LogP contribution in [0.1, 0.15) is 6.92 Å². The van der Waals surface area contributed by atoms with Gasteiger partial charge < -0.3 is 0 Å². The third kappa shape index (κ3) is 1.97. The highest BCUT2D eigenvalue weighted by Gasteiger charge is 2.27. The number of allylic oxidation sites excluding steroid dienone is 5. The molecule has 0 aliphatic heterocycles. The van der Waals surface area contributed by atoms with Gasteiger partial charge >= 0.3 is 0 Å². The predicted octanol–water partition coefficient (Wildman–Crippen LogP) is 3.80. The molecule has 0 aromatic carbocycles. The Morgan fingerprint density at radius 3 is 2.69 bits per heavy atom. The van der Waals surface area contributed by atoms with Crippen molar-refractivity contribution in [2.45, 2.75) is 6.92 Å². The number of rotatable bonds is 3. The van der Waals surface area contributed by atoms with E-state index in [4.69, 9.17) is 0 Å². The van der Waals surface area contributed by atoms with Gasteiger partial charge in [0.2, 0.25) is 0 Å². The summed E-state index contributed by atoms with van der Waals surface area (Å²) < 4.78 is 0. The zero-order valence-electron chi connectivity index (χ0n) is 8.29. The zero-order valence-corrected chi connectivity index (χ0v) is 9.10. The molecule has 1 aliphatic carbocycles. The minimum absolute atomic E-state index is 0.0426. The Hall–Kier alpha value is -0.690. The van der Waals surface area contributed by atoms with Gasteiger partial charge in [-0.25, -0.2) is 0 Å². The van der Waals surface area contributed by atoms with Gasteiger partial charge in [-0.3, -0.25) is 0 Å². The Morgan fingerprint density at radius 1 is 1.54 bits per heavy atom. The van der Waals surface area contributed by atoms with Crippen LogP contribution in [-0.4, -0.2) is 6.26 Å². The molecule has 0 aromatic rings. The van der Waals surface area contributed by atoms with Crippen LogP contribution >= 0.6 is 11.8 Å². The van der Waals surface area contributed by atoms with E-state index in [2.05, 4.69) is 44.6 Å². The molecule has 0 bridgehead atoms. The fourth-order valence-electron chi connectivity index (χ4n) is 1.45. The van der Waals surface area contributed by atoms with Crippen LogP contribution in [0.3, 0.4) is 0 Å². The van der Waals surface area contributed by atoms with Gasteiger partial charge in [0.05, 0.1) is 0 Å². The molecule has 0 radical (unpaired) electrons. The summed E-state index contributed by atoms with van der Waals surface area (Å²) in [5.41, 5.74) is 0.0426. The lowest BCUT2D eigenvalue weighted by Gasteiger charge is -2.31. The predicted molar refractivity (Wildman–Crippen MR) is 62.7 cm³/mol. The fourth-order valence-corrected chi connectivity index (χ4v) is 1.93. The zero-order chi connectivity index (χ0) is 9.90. The Labute approximate surface area is 85.1 Å². The molecule has 2 atom stereocenters. The molecule has 0 fully saturated rings. The number of hydrogen-bond donors (Lipinski definition) is 0. The molecule has 0 spiro atoms. The van der Waals surface area contributed by atoms with Crippen LogP contribution in [0, 0.1) is 11.3 Å². The molecule has 70 valence electrons. The van der Waals surface area contributed by atoms with E-state index in [9.17, 15) is 0 Å². The first-order valence-corrected chi connectivity index (χ1v) is 5.60. The van der Waals surface area contributed by atoms with Gasteiger partial charge in [0.1, 0.15) is 0 Å². The highest BCUT2D eigenvalue weighted by atomic mass is 32.2. The summed E-state index contributed by atoms with van der Waals surface area (Å²) >= 11 is 1.77. The second-order valence-corrected chi connectivity index (χ2v) is 4.32. The largest absolute Gasteiger partial charge is 0.130 e. The van der Waals surface area contributed by atoms with Gasteiger partial charge in [0.25, 0.3) is 0 Å². The summed E-state index contributed by atoms with van der Waals surface area (Å²) in [6, 6.07) is 0. The summed E-state index contributed by atoms with van der Waals surface area (Å²) in [4.78, 5) is 1.31. The van der Waals surface area contributed by atoms with E-state index in [0.717, 1.165) is 0 Å². The van der Waals surface area contributed by atoms with Crippen molar-refractivity contribution in [3.63, 3.8) is 0 Å². The third-order valence-corrected chi connectivity index (χ3v) is 3.34. The molecule has 13 heavy (non-hydrogen) atoms. The van der Waals surface area contributed by atoms with E-state index in [0.29, 0.717) is 5.92 Å². The molecule has 0 aromatic heterocycles. The lowest BCUT2D eigenvalue weighted by molar-refractivity contribution is 0.458. The van der Waals surface area contributed by atoms with Crippen molar-refractivity contribution in [3.8, 4) is 0 Å². The molecular formula is C12H16S. The van der Waals surface area contributed by atoms with E-state index in [-0.39, 0.29) is 5.41 Å². The van der Waals surface area contributed by atoms with Gasteiger partial charge in [0, 0.05) is 16.2 Å². The maximum atomic E-state index is 3.87. The van der Waals surface area contributed by atoms with Crippen LogP contribution < -0.4 is 0 Å². The van der Waals surface area contributed by atoms with Crippen molar-refractivity contribution in [3.05, 3.63) is 48.4 Å². The molecule has 1 rings (SSSR count). The van der Waals surface area contributed by atoms with Crippen LogP contribution in [0.5, 0.6) is 0 Å². The van der Waals surface area contributed by atoms with Crippen molar-refractivity contribution >= 4 is 11.8 Å². The van der Waals surface area contributed by atoms with Crippen LogP contribution in [0.2, 0.25) is 0 Å². The first-order chi connectivity index (χ1) is 6.16. The van der Waals surface area contributed by atoms with E-state index >= 15 is 0 Å². The summed E-state index contributed by atoms with van der Waals surface area (Å²) in [7, 11) is 0.